The van der Waals surface area contributed by atoms with Crippen LogP contribution in [0, 0.1) is 0 Å². The lowest BCUT2D eigenvalue weighted by atomic mass is 10.2. The predicted octanol–water partition coefficient (Wildman–Crippen LogP) is 1.54. The Balaban J connectivity index is 3.18. The Bertz CT molecular complexity index is 462. The Morgan fingerprint density at radius 3 is 2.58 bits per heavy atom. The first-order valence-corrected chi connectivity index (χ1v) is 5.61. The summed E-state index contributed by atoms with van der Waals surface area (Å²) in [5.41, 5.74) is 10.6. The molecule has 0 aliphatic rings. The average molecular weight is 276 g/mol. The van der Waals surface area contributed by atoms with Crippen molar-refractivity contribution < 1.29 is 18.0 Å². The van der Waals surface area contributed by atoms with E-state index in [-0.39, 0.29) is 23.6 Å². The molecule has 1 rings (SSSR count). The molecule has 0 aliphatic carbocycles. The van der Waals surface area contributed by atoms with E-state index in [0.29, 0.717) is 6.42 Å². The van der Waals surface area contributed by atoms with Crippen molar-refractivity contribution in [3.05, 3.63) is 17.8 Å². The van der Waals surface area contributed by atoms with Gasteiger partial charge >= 0.3 is 6.18 Å². The molecule has 5 nitrogen and oxygen atoms in total. The fraction of sp³-hybridized carbons (Fsp3) is 0.455. The summed E-state index contributed by atoms with van der Waals surface area (Å²) in [5.74, 6) is -0.959. The number of carbonyl (C=O) groups is 1. The van der Waals surface area contributed by atoms with Gasteiger partial charge < -0.3 is 16.4 Å². The maximum atomic E-state index is 12.5. The molecule has 0 radical (unpaired) electrons. The van der Waals surface area contributed by atoms with Gasteiger partial charge in [0.25, 0.3) is 5.91 Å². The lowest BCUT2D eigenvalue weighted by Crippen LogP contribution is -2.37. The Morgan fingerprint density at radius 1 is 1.47 bits per heavy atom. The Labute approximate surface area is 108 Å². The molecule has 1 amide bonds. The van der Waals surface area contributed by atoms with Crippen LogP contribution in [0.5, 0.6) is 0 Å². The summed E-state index contributed by atoms with van der Waals surface area (Å²) in [6, 6.07) is 1.23. The maximum Gasteiger partial charge on any atom is 0.405 e. The molecular formula is C11H15F3N4O. The topological polar surface area (TPSA) is 85.2 Å². The van der Waals surface area contributed by atoms with Crippen molar-refractivity contribution >= 4 is 17.4 Å². The number of rotatable bonds is 5. The smallest absolute Gasteiger partial charge is 0.397 e. The third-order valence-corrected chi connectivity index (χ3v) is 2.32. The van der Waals surface area contributed by atoms with Crippen molar-refractivity contribution in [2.45, 2.75) is 19.5 Å². The molecule has 8 heteroatoms. The number of amides is 1. The summed E-state index contributed by atoms with van der Waals surface area (Å²) in [7, 11) is 0. The van der Waals surface area contributed by atoms with Gasteiger partial charge in [-0.25, -0.2) is 4.98 Å². The van der Waals surface area contributed by atoms with Crippen LogP contribution in [0.3, 0.4) is 0 Å². The Hall–Kier alpha value is -1.99. The number of carbonyl (C=O) groups excluding carboxylic acids is 1. The van der Waals surface area contributed by atoms with Crippen LogP contribution in [0.15, 0.2) is 12.3 Å². The van der Waals surface area contributed by atoms with Crippen molar-refractivity contribution in [1.82, 2.24) is 4.98 Å². The maximum absolute atomic E-state index is 12.5. The van der Waals surface area contributed by atoms with E-state index < -0.39 is 18.6 Å². The summed E-state index contributed by atoms with van der Waals surface area (Å²) in [6.45, 7) is 0.638. The SMILES string of the molecule is CCCN(CC(F)(F)F)c1ncc(N)cc1C(N)=O. The number of pyridine rings is 1. The number of primary amides is 1. The van der Waals surface area contributed by atoms with Crippen LogP contribution in [-0.4, -0.2) is 30.2 Å². The van der Waals surface area contributed by atoms with E-state index in [2.05, 4.69) is 4.98 Å². The fourth-order valence-corrected chi connectivity index (χ4v) is 1.65. The van der Waals surface area contributed by atoms with Gasteiger partial charge in [0.15, 0.2) is 0 Å². The number of aromatic nitrogens is 1. The molecule has 106 valence electrons. The predicted molar refractivity (Wildman–Crippen MR) is 65.7 cm³/mol. The molecule has 0 unspecified atom stereocenters. The number of alkyl halides is 3. The fourth-order valence-electron chi connectivity index (χ4n) is 1.65. The van der Waals surface area contributed by atoms with E-state index >= 15 is 0 Å². The molecule has 0 fully saturated rings. The number of halogens is 3. The summed E-state index contributed by atoms with van der Waals surface area (Å²) < 4.78 is 37.5. The zero-order valence-electron chi connectivity index (χ0n) is 10.4. The van der Waals surface area contributed by atoms with Gasteiger partial charge in [-0.3, -0.25) is 4.79 Å². The van der Waals surface area contributed by atoms with Crippen LogP contribution in [0.25, 0.3) is 0 Å². The highest BCUT2D eigenvalue weighted by Gasteiger charge is 2.32. The van der Waals surface area contributed by atoms with E-state index in [1.54, 1.807) is 6.92 Å². The molecule has 1 aromatic rings. The van der Waals surface area contributed by atoms with Gasteiger partial charge in [-0.15, -0.1) is 0 Å². The number of nitrogens with two attached hydrogens (primary N) is 2. The normalized spacial score (nSPS) is 11.4. The minimum atomic E-state index is -4.40. The molecule has 0 atom stereocenters. The van der Waals surface area contributed by atoms with Gasteiger partial charge in [-0.2, -0.15) is 13.2 Å². The highest BCUT2D eigenvalue weighted by Crippen LogP contribution is 2.24. The van der Waals surface area contributed by atoms with E-state index in [4.69, 9.17) is 11.5 Å². The van der Waals surface area contributed by atoms with E-state index in [1.807, 2.05) is 0 Å². The summed E-state index contributed by atoms with van der Waals surface area (Å²) in [6.07, 6.45) is -2.73. The number of hydrogen-bond donors (Lipinski definition) is 2. The molecule has 0 aliphatic heterocycles. The van der Waals surface area contributed by atoms with Gasteiger partial charge in [0.1, 0.15) is 12.4 Å². The molecule has 4 N–H and O–H groups in total. The molecule has 19 heavy (non-hydrogen) atoms. The molecular weight excluding hydrogens is 261 g/mol. The highest BCUT2D eigenvalue weighted by molar-refractivity contribution is 5.98. The second-order valence-electron chi connectivity index (χ2n) is 4.04. The molecule has 0 spiro atoms. The molecule has 0 bridgehead atoms. The van der Waals surface area contributed by atoms with Crippen LogP contribution in [-0.2, 0) is 0 Å². The second-order valence-corrected chi connectivity index (χ2v) is 4.04. The van der Waals surface area contributed by atoms with Crippen LogP contribution in [0.4, 0.5) is 24.7 Å². The van der Waals surface area contributed by atoms with Crippen molar-refractivity contribution in [3.63, 3.8) is 0 Å². The number of nitrogens with zero attached hydrogens (tertiary/aromatic N) is 2. The molecule has 0 saturated carbocycles. The quantitative estimate of drug-likeness (QED) is 0.854. The van der Waals surface area contributed by atoms with E-state index in [9.17, 15) is 18.0 Å². The van der Waals surface area contributed by atoms with Crippen LogP contribution < -0.4 is 16.4 Å². The highest BCUT2D eigenvalue weighted by atomic mass is 19.4. The zero-order valence-corrected chi connectivity index (χ0v) is 10.4. The number of hydrogen-bond acceptors (Lipinski definition) is 4. The van der Waals surface area contributed by atoms with Gasteiger partial charge in [-0.1, -0.05) is 6.92 Å². The summed E-state index contributed by atoms with van der Waals surface area (Å²) in [5, 5.41) is 0. The Morgan fingerprint density at radius 2 is 2.11 bits per heavy atom. The largest absolute Gasteiger partial charge is 0.405 e. The third kappa shape index (κ3) is 4.31. The van der Waals surface area contributed by atoms with Crippen LogP contribution in [0.1, 0.15) is 23.7 Å². The van der Waals surface area contributed by atoms with Crippen LogP contribution >= 0.6 is 0 Å². The van der Waals surface area contributed by atoms with Crippen molar-refractivity contribution in [3.8, 4) is 0 Å². The summed E-state index contributed by atoms with van der Waals surface area (Å²) >= 11 is 0. The first kappa shape index (κ1) is 15.1. The van der Waals surface area contributed by atoms with Gasteiger partial charge in [0, 0.05) is 6.54 Å². The third-order valence-electron chi connectivity index (χ3n) is 2.32. The minimum absolute atomic E-state index is 0.0964. The Kier molecular flexibility index (Phi) is 4.57. The van der Waals surface area contributed by atoms with E-state index in [0.717, 1.165) is 4.90 Å². The average Bonchev–Trinajstić information content (AvgIpc) is 2.26. The van der Waals surface area contributed by atoms with E-state index in [1.165, 1.54) is 12.3 Å². The first-order chi connectivity index (χ1) is 8.74. The summed E-state index contributed by atoms with van der Waals surface area (Å²) in [4.78, 5) is 16.0. The van der Waals surface area contributed by atoms with Crippen molar-refractivity contribution in [2.24, 2.45) is 5.73 Å². The molecule has 0 saturated heterocycles. The second kappa shape index (κ2) is 5.77. The van der Waals surface area contributed by atoms with Crippen molar-refractivity contribution in [1.29, 1.82) is 0 Å². The molecule has 1 aromatic heterocycles. The van der Waals surface area contributed by atoms with Crippen molar-refractivity contribution in [2.75, 3.05) is 23.7 Å². The lowest BCUT2D eigenvalue weighted by Gasteiger charge is -2.25. The van der Waals surface area contributed by atoms with Gasteiger partial charge in [0.2, 0.25) is 0 Å². The zero-order chi connectivity index (χ0) is 14.6. The number of nitrogen functional groups attached to an aromatic ring is 1. The lowest BCUT2D eigenvalue weighted by molar-refractivity contribution is -0.119. The van der Waals surface area contributed by atoms with Gasteiger partial charge in [-0.05, 0) is 12.5 Å². The molecule has 0 aromatic carbocycles. The number of anilines is 2. The standard InChI is InChI=1S/C11H15F3N4O/c1-2-3-18(6-11(12,13)14)10-8(9(16)19)4-7(15)5-17-10/h4-5H,2-3,6,15H2,1H3,(H2,16,19). The minimum Gasteiger partial charge on any atom is -0.397 e. The van der Waals surface area contributed by atoms with Crippen LogP contribution in [0.2, 0.25) is 0 Å². The monoisotopic (exact) mass is 276 g/mol. The van der Waals surface area contributed by atoms with Gasteiger partial charge in [0.05, 0.1) is 17.4 Å². The molecule has 1 heterocycles. The first-order valence-electron chi connectivity index (χ1n) is 5.61.